The Morgan fingerprint density at radius 3 is 2.51 bits per heavy atom. The van der Waals surface area contributed by atoms with Crippen molar-refractivity contribution in [2.24, 2.45) is 0 Å². The van der Waals surface area contributed by atoms with Gasteiger partial charge < -0.3 is 14.8 Å². The predicted octanol–water partition coefficient (Wildman–Crippen LogP) is 7.25. The summed E-state index contributed by atoms with van der Waals surface area (Å²) >= 11 is 9.30. The Balaban J connectivity index is 1.81. The summed E-state index contributed by atoms with van der Waals surface area (Å²) in [5.41, 5.74) is -0.00353. The molecule has 0 spiro atoms. The van der Waals surface area contributed by atoms with E-state index in [4.69, 9.17) is 21.1 Å². The van der Waals surface area contributed by atoms with Crippen LogP contribution in [0.5, 0.6) is 11.5 Å². The number of rotatable bonds is 7. The predicted molar refractivity (Wildman–Crippen MR) is 130 cm³/mol. The average Bonchev–Trinajstić information content (AvgIpc) is 2.82. The number of carbonyl (C=O) groups is 1. The topological polar surface area (TPSA) is 71.3 Å². The highest BCUT2D eigenvalue weighted by Gasteiger charge is 2.30. The number of hydrogen-bond donors (Lipinski definition) is 1. The largest absolute Gasteiger partial charge is 0.493 e. The fourth-order valence-corrected chi connectivity index (χ4v) is 3.69. The molecule has 10 heteroatoms. The third kappa shape index (κ3) is 7.01. The van der Waals surface area contributed by atoms with Crippen LogP contribution >= 0.6 is 27.5 Å². The lowest BCUT2D eigenvalue weighted by molar-refractivity contribution is -0.137. The second-order valence-electron chi connectivity index (χ2n) is 7.15. The second kappa shape index (κ2) is 11.3. The van der Waals surface area contributed by atoms with E-state index in [0.717, 1.165) is 17.7 Å². The standard InChI is InChI=1S/C25H17BrClF3N2O3/c1-34-22-11-16(10-21(26)23(22)35-14-15-5-7-19(27)8-6-15)9-17(13-31)24(33)32-20-4-2-3-18(12-20)25(28,29)30/h2-12H,14H2,1H3,(H,32,33)/b17-9+. The van der Waals surface area contributed by atoms with Crippen LogP contribution in [0.2, 0.25) is 5.02 Å². The lowest BCUT2D eigenvalue weighted by Gasteiger charge is -2.14. The third-order valence-corrected chi connectivity index (χ3v) is 5.51. The maximum absolute atomic E-state index is 12.9. The molecule has 0 aliphatic heterocycles. The van der Waals surface area contributed by atoms with E-state index in [1.165, 1.54) is 25.3 Å². The summed E-state index contributed by atoms with van der Waals surface area (Å²) < 4.78 is 50.5. The zero-order valence-electron chi connectivity index (χ0n) is 18.1. The van der Waals surface area contributed by atoms with Crippen LogP contribution < -0.4 is 14.8 Å². The molecule has 0 atom stereocenters. The van der Waals surface area contributed by atoms with Crippen molar-refractivity contribution in [2.45, 2.75) is 12.8 Å². The third-order valence-electron chi connectivity index (χ3n) is 4.67. The molecule has 3 aromatic rings. The molecule has 5 nitrogen and oxygen atoms in total. The average molecular weight is 566 g/mol. The SMILES string of the molecule is COc1cc(/C=C(\C#N)C(=O)Nc2cccc(C(F)(F)F)c2)cc(Br)c1OCc1ccc(Cl)cc1. The molecule has 1 amide bonds. The van der Waals surface area contributed by atoms with E-state index in [9.17, 15) is 23.2 Å². The molecule has 0 aromatic heterocycles. The van der Waals surface area contributed by atoms with Gasteiger partial charge in [0.25, 0.3) is 5.91 Å². The number of methoxy groups -OCH3 is 1. The molecular weight excluding hydrogens is 549 g/mol. The van der Waals surface area contributed by atoms with Crippen molar-refractivity contribution >= 4 is 45.2 Å². The zero-order chi connectivity index (χ0) is 25.6. The van der Waals surface area contributed by atoms with Crippen molar-refractivity contribution in [2.75, 3.05) is 12.4 Å². The number of benzene rings is 3. The van der Waals surface area contributed by atoms with Gasteiger partial charge in [-0.1, -0.05) is 29.8 Å². The van der Waals surface area contributed by atoms with Crippen molar-refractivity contribution in [3.05, 3.63) is 92.4 Å². The number of ether oxygens (including phenoxy) is 2. The Hall–Kier alpha value is -3.48. The Morgan fingerprint density at radius 2 is 1.89 bits per heavy atom. The summed E-state index contributed by atoms with van der Waals surface area (Å²) in [4.78, 5) is 12.5. The van der Waals surface area contributed by atoms with E-state index in [2.05, 4.69) is 21.2 Å². The van der Waals surface area contributed by atoms with Crippen LogP contribution in [0.1, 0.15) is 16.7 Å². The molecule has 1 N–H and O–H groups in total. The van der Waals surface area contributed by atoms with E-state index in [0.29, 0.717) is 26.6 Å². The summed E-state index contributed by atoms with van der Waals surface area (Å²) in [5.74, 6) is -0.105. The van der Waals surface area contributed by atoms with Gasteiger partial charge in [-0.15, -0.1) is 0 Å². The lowest BCUT2D eigenvalue weighted by atomic mass is 10.1. The highest BCUT2D eigenvalue weighted by molar-refractivity contribution is 9.10. The van der Waals surface area contributed by atoms with Gasteiger partial charge in [-0.25, -0.2) is 0 Å². The van der Waals surface area contributed by atoms with Crippen molar-refractivity contribution in [1.82, 2.24) is 0 Å². The molecule has 0 bridgehead atoms. The molecule has 0 aliphatic rings. The molecule has 0 fully saturated rings. The molecule has 0 unspecified atom stereocenters. The molecule has 3 rings (SSSR count). The maximum atomic E-state index is 12.9. The molecule has 0 aliphatic carbocycles. The zero-order valence-corrected chi connectivity index (χ0v) is 20.5. The van der Waals surface area contributed by atoms with E-state index in [-0.39, 0.29) is 17.9 Å². The molecule has 0 radical (unpaired) electrons. The van der Waals surface area contributed by atoms with E-state index in [1.54, 1.807) is 30.3 Å². The molecule has 180 valence electrons. The number of anilines is 1. The van der Waals surface area contributed by atoms with Crippen molar-refractivity contribution in [3.63, 3.8) is 0 Å². The van der Waals surface area contributed by atoms with Crippen LogP contribution in [-0.4, -0.2) is 13.0 Å². The number of nitrogens with one attached hydrogen (secondary N) is 1. The normalized spacial score (nSPS) is 11.5. The fraction of sp³-hybridized carbons (Fsp3) is 0.120. The van der Waals surface area contributed by atoms with Crippen molar-refractivity contribution in [3.8, 4) is 17.6 Å². The molecule has 0 heterocycles. The van der Waals surface area contributed by atoms with Crippen molar-refractivity contribution < 1.29 is 27.4 Å². The number of halogens is 5. The lowest BCUT2D eigenvalue weighted by Crippen LogP contribution is -2.14. The Bertz CT molecular complexity index is 1300. The van der Waals surface area contributed by atoms with E-state index >= 15 is 0 Å². The first-order valence-corrected chi connectivity index (χ1v) is 11.1. The highest BCUT2D eigenvalue weighted by Crippen LogP contribution is 2.38. The summed E-state index contributed by atoms with van der Waals surface area (Å²) in [6, 6.07) is 16.2. The number of nitriles is 1. The summed E-state index contributed by atoms with van der Waals surface area (Å²) in [6.45, 7) is 0.240. The van der Waals surface area contributed by atoms with Gasteiger partial charge in [-0.05, 0) is 75.6 Å². The number of amides is 1. The van der Waals surface area contributed by atoms with Gasteiger partial charge in [0.05, 0.1) is 17.1 Å². The van der Waals surface area contributed by atoms with Crippen molar-refractivity contribution in [1.29, 1.82) is 5.26 Å². The molecule has 0 saturated carbocycles. The van der Waals surface area contributed by atoms with Gasteiger partial charge >= 0.3 is 6.18 Å². The quantitative estimate of drug-likeness (QED) is 0.242. The summed E-state index contributed by atoms with van der Waals surface area (Å²) in [6.07, 6.45) is -3.27. The van der Waals surface area contributed by atoms with Gasteiger partial charge in [0.15, 0.2) is 11.5 Å². The first kappa shape index (κ1) is 26.1. The molecular formula is C25H17BrClF3N2O3. The Kier molecular flexibility index (Phi) is 8.43. The van der Waals surface area contributed by atoms with Gasteiger partial charge in [0, 0.05) is 10.7 Å². The van der Waals surface area contributed by atoms with Gasteiger partial charge in [0.2, 0.25) is 0 Å². The fourth-order valence-electron chi connectivity index (χ4n) is 2.99. The van der Waals surface area contributed by atoms with Gasteiger partial charge in [-0.3, -0.25) is 4.79 Å². The smallest absolute Gasteiger partial charge is 0.416 e. The monoisotopic (exact) mass is 564 g/mol. The van der Waals surface area contributed by atoms with Gasteiger partial charge in [0.1, 0.15) is 18.2 Å². The highest BCUT2D eigenvalue weighted by atomic mass is 79.9. The van der Waals surface area contributed by atoms with E-state index in [1.807, 2.05) is 12.1 Å². The minimum absolute atomic E-state index is 0.0873. The van der Waals surface area contributed by atoms with Crippen LogP contribution in [0.25, 0.3) is 6.08 Å². The second-order valence-corrected chi connectivity index (χ2v) is 8.44. The summed E-state index contributed by atoms with van der Waals surface area (Å²) in [5, 5.41) is 12.4. The Morgan fingerprint density at radius 1 is 1.17 bits per heavy atom. The summed E-state index contributed by atoms with van der Waals surface area (Å²) in [7, 11) is 1.44. The van der Waals surface area contributed by atoms with Crippen LogP contribution in [0, 0.1) is 11.3 Å². The minimum atomic E-state index is -4.56. The number of hydrogen-bond acceptors (Lipinski definition) is 4. The van der Waals surface area contributed by atoms with Crippen LogP contribution in [0.3, 0.4) is 0 Å². The molecule has 35 heavy (non-hydrogen) atoms. The molecule has 0 saturated heterocycles. The van der Waals surface area contributed by atoms with E-state index < -0.39 is 17.6 Å². The maximum Gasteiger partial charge on any atom is 0.416 e. The van der Waals surface area contributed by atoms with Gasteiger partial charge in [-0.2, -0.15) is 18.4 Å². The van der Waals surface area contributed by atoms with Crippen LogP contribution in [-0.2, 0) is 17.6 Å². The number of nitrogens with zero attached hydrogens (tertiary/aromatic N) is 1. The first-order chi connectivity index (χ1) is 16.6. The minimum Gasteiger partial charge on any atom is -0.493 e. The molecule has 3 aromatic carbocycles. The van der Waals surface area contributed by atoms with Crippen LogP contribution in [0.4, 0.5) is 18.9 Å². The number of alkyl halides is 3. The number of carbonyl (C=O) groups excluding carboxylic acids is 1. The first-order valence-electron chi connectivity index (χ1n) is 9.96. The van der Waals surface area contributed by atoms with Crippen LogP contribution in [0.15, 0.2) is 70.7 Å². The Labute approximate surface area is 212 Å².